The van der Waals surface area contributed by atoms with Gasteiger partial charge < -0.3 is 10.2 Å². The molecule has 0 atom stereocenters. The number of hydrogen-bond acceptors (Lipinski definition) is 5. The topological polar surface area (TPSA) is 96.5 Å². The lowest BCUT2D eigenvalue weighted by Crippen LogP contribution is -1.95. The smallest absolute Gasteiger partial charge is 0.372 e. The Labute approximate surface area is 91.9 Å². The van der Waals surface area contributed by atoms with Crippen LogP contribution in [0.5, 0.6) is 11.6 Å². The van der Waals surface area contributed by atoms with Crippen LogP contribution in [0.3, 0.4) is 0 Å². The van der Waals surface area contributed by atoms with E-state index in [1.54, 1.807) is 0 Å². The summed E-state index contributed by atoms with van der Waals surface area (Å²) >= 11 is 0. The zero-order valence-electron chi connectivity index (χ0n) is 8.02. The van der Waals surface area contributed by atoms with Gasteiger partial charge in [0.25, 0.3) is 5.88 Å². The molecule has 0 saturated heterocycles. The number of aromatic hydroxyl groups is 2. The van der Waals surface area contributed by atoms with Gasteiger partial charge in [-0.2, -0.15) is 0 Å². The van der Waals surface area contributed by atoms with Crippen LogP contribution in [-0.2, 0) is 0 Å². The number of pyridine rings is 1. The number of fused-ring (bicyclic) bond motifs is 1. The van der Waals surface area contributed by atoms with Crippen molar-refractivity contribution in [3.63, 3.8) is 0 Å². The van der Waals surface area contributed by atoms with Crippen molar-refractivity contribution in [3.8, 4) is 11.6 Å². The fourth-order valence-corrected chi connectivity index (χ4v) is 1.44. The van der Waals surface area contributed by atoms with E-state index < -0.39 is 44.8 Å². The second kappa shape index (κ2) is 3.51. The molecule has 88 valence electrons. The lowest BCUT2D eigenvalue weighted by Gasteiger charge is -2.04. The first-order chi connectivity index (χ1) is 7.91. The Balaban J connectivity index is 2.97. The highest BCUT2D eigenvalue weighted by Crippen LogP contribution is 2.40. The molecule has 0 amide bonds. The summed E-state index contributed by atoms with van der Waals surface area (Å²) < 4.78 is 26.2. The van der Waals surface area contributed by atoms with Crippen molar-refractivity contribution >= 4 is 16.6 Å². The number of halogens is 2. The fourth-order valence-electron chi connectivity index (χ4n) is 1.44. The first kappa shape index (κ1) is 11.0. The van der Waals surface area contributed by atoms with Crippen LogP contribution in [0.25, 0.3) is 10.9 Å². The average molecular weight is 242 g/mol. The van der Waals surface area contributed by atoms with Gasteiger partial charge in [-0.3, -0.25) is 10.1 Å². The van der Waals surface area contributed by atoms with E-state index in [9.17, 15) is 29.1 Å². The van der Waals surface area contributed by atoms with Gasteiger partial charge >= 0.3 is 5.69 Å². The molecule has 0 aliphatic rings. The molecule has 2 aromatic rings. The zero-order chi connectivity index (χ0) is 12.7. The maximum Gasteiger partial charge on any atom is 0.372 e. The van der Waals surface area contributed by atoms with Crippen molar-refractivity contribution in [1.82, 2.24) is 4.98 Å². The summed E-state index contributed by atoms with van der Waals surface area (Å²) in [4.78, 5) is 12.7. The Bertz CT molecular complexity index is 645. The van der Waals surface area contributed by atoms with Gasteiger partial charge in [-0.1, -0.05) is 0 Å². The van der Waals surface area contributed by atoms with Crippen molar-refractivity contribution in [2.75, 3.05) is 0 Å². The first-order valence-electron chi connectivity index (χ1n) is 4.27. The molecule has 0 aliphatic heterocycles. The molecule has 0 fully saturated rings. The number of nitro groups is 1. The molecule has 0 bridgehead atoms. The minimum Gasteiger partial charge on any atom is -0.501 e. The fraction of sp³-hybridized carbons (Fsp3) is 0. The van der Waals surface area contributed by atoms with Gasteiger partial charge in [-0.25, -0.2) is 13.8 Å². The summed E-state index contributed by atoms with van der Waals surface area (Å²) in [6, 6.07) is 1.19. The molecule has 0 spiro atoms. The third kappa shape index (κ3) is 1.59. The van der Waals surface area contributed by atoms with Crippen molar-refractivity contribution in [2.45, 2.75) is 0 Å². The molecule has 8 heteroatoms. The van der Waals surface area contributed by atoms with Crippen LogP contribution in [0, 0.1) is 21.7 Å². The first-order valence-corrected chi connectivity index (χ1v) is 4.27. The van der Waals surface area contributed by atoms with E-state index in [-0.39, 0.29) is 0 Å². The molecule has 0 saturated carbocycles. The van der Waals surface area contributed by atoms with Crippen LogP contribution in [0.2, 0.25) is 0 Å². The van der Waals surface area contributed by atoms with Crippen molar-refractivity contribution in [1.29, 1.82) is 0 Å². The van der Waals surface area contributed by atoms with Crippen molar-refractivity contribution in [3.05, 3.63) is 33.9 Å². The summed E-state index contributed by atoms with van der Waals surface area (Å²) in [6.45, 7) is 0. The van der Waals surface area contributed by atoms with Gasteiger partial charge in [0, 0.05) is 12.1 Å². The third-order valence-electron chi connectivity index (χ3n) is 2.12. The maximum atomic E-state index is 13.3. The minimum atomic E-state index is -1.20. The van der Waals surface area contributed by atoms with Gasteiger partial charge in [0.2, 0.25) is 5.75 Å². The van der Waals surface area contributed by atoms with Gasteiger partial charge in [0.05, 0.1) is 15.8 Å². The molecule has 1 aromatic heterocycles. The Morgan fingerprint density at radius 1 is 1.29 bits per heavy atom. The van der Waals surface area contributed by atoms with Crippen molar-refractivity contribution in [2.24, 2.45) is 0 Å². The van der Waals surface area contributed by atoms with E-state index in [4.69, 9.17) is 0 Å². The number of rotatable bonds is 1. The number of aromatic nitrogens is 1. The predicted molar refractivity (Wildman–Crippen MR) is 51.6 cm³/mol. The summed E-state index contributed by atoms with van der Waals surface area (Å²) in [6.07, 6.45) is 0. The highest BCUT2D eigenvalue weighted by molar-refractivity contribution is 5.90. The average Bonchev–Trinajstić information content (AvgIpc) is 2.13. The van der Waals surface area contributed by atoms with E-state index in [0.29, 0.717) is 6.07 Å². The van der Waals surface area contributed by atoms with Crippen molar-refractivity contribution < 1.29 is 23.9 Å². The molecule has 0 aliphatic carbocycles. The molecule has 2 rings (SSSR count). The predicted octanol–water partition coefficient (Wildman–Crippen LogP) is 1.83. The summed E-state index contributed by atoms with van der Waals surface area (Å²) in [5.74, 6) is -4.37. The summed E-state index contributed by atoms with van der Waals surface area (Å²) in [7, 11) is 0. The zero-order valence-corrected chi connectivity index (χ0v) is 8.02. The molecule has 0 unspecified atom stereocenters. The van der Waals surface area contributed by atoms with E-state index in [0.717, 1.165) is 6.07 Å². The van der Waals surface area contributed by atoms with E-state index in [1.807, 2.05) is 0 Å². The second-order valence-corrected chi connectivity index (χ2v) is 3.17. The third-order valence-corrected chi connectivity index (χ3v) is 2.12. The monoisotopic (exact) mass is 242 g/mol. The molecule has 6 nitrogen and oxygen atoms in total. The van der Waals surface area contributed by atoms with Crippen LogP contribution in [0.1, 0.15) is 0 Å². The number of benzene rings is 1. The Hall–Kier alpha value is -2.51. The Kier molecular flexibility index (Phi) is 2.27. The Morgan fingerprint density at radius 3 is 2.53 bits per heavy atom. The molecular formula is C9H4F2N2O4. The van der Waals surface area contributed by atoms with Crippen LogP contribution in [-0.4, -0.2) is 20.1 Å². The Morgan fingerprint density at radius 2 is 1.94 bits per heavy atom. The number of hydrogen-bond donors (Lipinski definition) is 2. The minimum absolute atomic E-state index is 0.414. The van der Waals surface area contributed by atoms with Gasteiger partial charge in [-0.15, -0.1) is 0 Å². The maximum absolute atomic E-state index is 13.3. The van der Waals surface area contributed by atoms with Crippen LogP contribution in [0.4, 0.5) is 14.5 Å². The SMILES string of the molecule is O=[N+]([O-])c1c(O)nc2cc(F)cc(F)c2c1O. The van der Waals surface area contributed by atoms with Gasteiger partial charge in [0.15, 0.2) is 0 Å². The quantitative estimate of drug-likeness (QED) is 0.587. The lowest BCUT2D eigenvalue weighted by molar-refractivity contribution is -0.387. The van der Waals surface area contributed by atoms with E-state index in [1.165, 1.54) is 0 Å². The summed E-state index contributed by atoms with van der Waals surface area (Å²) in [5.41, 5.74) is -1.54. The molecule has 1 aromatic carbocycles. The largest absolute Gasteiger partial charge is 0.501 e. The highest BCUT2D eigenvalue weighted by Gasteiger charge is 2.26. The van der Waals surface area contributed by atoms with Crippen LogP contribution < -0.4 is 0 Å². The molecular weight excluding hydrogens is 238 g/mol. The molecule has 2 N–H and O–H groups in total. The van der Waals surface area contributed by atoms with Gasteiger partial charge in [-0.05, 0) is 0 Å². The van der Waals surface area contributed by atoms with Crippen LogP contribution >= 0.6 is 0 Å². The van der Waals surface area contributed by atoms with Gasteiger partial charge in [0.1, 0.15) is 11.6 Å². The lowest BCUT2D eigenvalue weighted by atomic mass is 10.1. The van der Waals surface area contributed by atoms with Crippen LogP contribution in [0.15, 0.2) is 12.1 Å². The molecule has 17 heavy (non-hydrogen) atoms. The number of nitrogens with zero attached hydrogens (tertiary/aromatic N) is 2. The molecule has 1 heterocycles. The summed E-state index contributed by atoms with van der Waals surface area (Å²) in [5, 5.41) is 28.6. The standard InChI is InChI=1S/C9H4F2N2O4/c10-3-1-4(11)6-5(2-3)12-9(15)7(8(6)14)13(16)17/h1-2H,(H2,12,14,15). The molecule has 0 radical (unpaired) electrons. The van der Waals surface area contributed by atoms with E-state index in [2.05, 4.69) is 4.98 Å². The second-order valence-electron chi connectivity index (χ2n) is 3.17. The van der Waals surface area contributed by atoms with E-state index >= 15 is 0 Å². The normalized spacial score (nSPS) is 10.7. The highest BCUT2D eigenvalue weighted by atomic mass is 19.1.